The van der Waals surface area contributed by atoms with E-state index in [2.05, 4.69) is 30.4 Å². The topological polar surface area (TPSA) is 12.0 Å². The Balaban J connectivity index is 2.21. The molecule has 1 aromatic rings. The Bertz CT molecular complexity index is 281. The summed E-state index contributed by atoms with van der Waals surface area (Å²) < 4.78 is 0. The smallest absolute Gasteiger partial charge is 0.0404 e. The molecule has 0 saturated carbocycles. The molecule has 0 bridgehead atoms. The van der Waals surface area contributed by atoms with Crippen molar-refractivity contribution in [3.63, 3.8) is 0 Å². The van der Waals surface area contributed by atoms with Crippen LogP contribution in [0.25, 0.3) is 0 Å². The molecule has 1 rings (SSSR count). The summed E-state index contributed by atoms with van der Waals surface area (Å²) in [6, 6.07) is 4.40. The minimum atomic E-state index is 0.598. The maximum Gasteiger partial charge on any atom is 0.0404 e. The summed E-state index contributed by atoms with van der Waals surface area (Å²) in [4.78, 5) is 2.86. The molecule has 1 N–H and O–H groups in total. The molecule has 0 atom stereocenters. The fourth-order valence-corrected chi connectivity index (χ4v) is 2.19. The van der Waals surface area contributed by atoms with Gasteiger partial charge in [-0.2, -0.15) is 0 Å². The van der Waals surface area contributed by atoms with Crippen LogP contribution in [0.4, 0.5) is 0 Å². The predicted octanol–water partition coefficient (Wildman–Crippen LogP) is 3.20. The number of nitrogens with one attached hydrogen (secondary N) is 1. The first-order chi connectivity index (χ1) is 6.86. The summed E-state index contributed by atoms with van der Waals surface area (Å²) in [6.45, 7) is 4.04. The highest BCUT2D eigenvalue weighted by molar-refractivity contribution is 7.11. The Hall–Kier alpha value is -0.310. The van der Waals surface area contributed by atoms with E-state index in [4.69, 9.17) is 11.6 Å². The van der Waals surface area contributed by atoms with E-state index >= 15 is 0 Å². The van der Waals surface area contributed by atoms with Crippen LogP contribution in [-0.2, 0) is 13.0 Å². The first-order valence-corrected chi connectivity index (χ1v) is 6.21. The van der Waals surface area contributed by atoms with Gasteiger partial charge >= 0.3 is 0 Å². The van der Waals surface area contributed by atoms with Crippen LogP contribution in [0.2, 0.25) is 0 Å². The third-order valence-corrected chi connectivity index (χ3v) is 3.29. The molecule has 1 heterocycles. The summed E-state index contributed by atoms with van der Waals surface area (Å²) in [5.41, 5.74) is 0. The Kier molecular flexibility index (Phi) is 5.92. The zero-order valence-corrected chi connectivity index (χ0v) is 10.00. The maximum atomic E-state index is 5.51. The van der Waals surface area contributed by atoms with Crippen LogP contribution in [-0.4, -0.2) is 12.4 Å². The van der Waals surface area contributed by atoms with Crippen molar-refractivity contribution >= 4 is 22.9 Å². The van der Waals surface area contributed by atoms with E-state index in [-0.39, 0.29) is 0 Å². The van der Waals surface area contributed by atoms with Gasteiger partial charge < -0.3 is 5.32 Å². The Labute approximate surface area is 94.8 Å². The van der Waals surface area contributed by atoms with Crippen molar-refractivity contribution in [3.8, 4) is 0 Å². The molecule has 0 aliphatic carbocycles. The minimum Gasteiger partial charge on any atom is -0.308 e. The number of hydrogen-bond donors (Lipinski definition) is 1. The largest absolute Gasteiger partial charge is 0.308 e. The molecule has 0 spiro atoms. The van der Waals surface area contributed by atoms with Crippen LogP contribution in [0.1, 0.15) is 16.7 Å². The number of alkyl halides is 1. The summed E-state index contributed by atoms with van der Waals surface area (Å²) in [7, 11) is 0. The number of allylic oxidation sites excluding steroid dienone is 1. The first kappa shape index (κ1) is 11.8. The molecule has 1 aromatic heterocycles. The van der Waals surface area contributed by atoms with E-state index in [9.17, 15) is 0 Å². The molecule has 3 heteroatoms. The van der Waals surface area contributed by atoms with Gasteiger partial charge in [0.15, 0.2) is 0 Å². The molecule has 1 nitrogen and oxygen atoms in total. The SMILES string of the molecule is CCc1ccc(CNC/C=C/CCl)s1. The summed E-state index contributed by atoms with van der Waals surface area (Å²) in [5, 5.41) is 3.34. The zero-order valence-electron chi connectivity index (χ0n) is 8.42. The lowest BCUT2D eigenvalue weighted by atomic mass is 10.3. The Morgan fingerprint density at radius 1 is 1.36 bits per heavy atom. The monoisotopic (exact) mass is 229 g/mol. The van der Waals surface area contributed by atoms with E-state index in [0.717, 1.165) is 19.5 Å². The van der Waals surface area contributed by atoms with Gasteiger partial charge in [0.1, 0.15) is 0 Å². The quantitative estimate of drug-likeness (QED) is 0.449. The molecule has 0 aromatic carbocycles. The van der Waals surface area contributed by atoms with Crippen molar-refractivity contribution < 1.29 is 0 Å². The van der Waals surface area contributed by atoms with E-state index in [0.29, 0.717) is 5.88 Å². The third kappa shape index (κ3) is 4.27. The molecular formula is C11H16ClNS. The highest BCUT2D eigenvalue weighted by Crippen LogP contribution is 2.16. The molecule has 0 fully saturated rings. The van der Waals surface area contributed by atoms with Crippen molar-refractivity contribution in [2.75, 3.05) is 12.4 Å². The van der Waals surface area contributed by atoms with Crippen LogP contribution in [0, 0.1) is 0 Å². The first-order valence-electron chi connectivity index (χ1n) is 4.86. The van der Waals surface area contributed by atoms with Crippen molar-refractivity contribution in [2.24, 2.45) is 0 Å². The van der Waals surface area contributed by atoms with Gasteiger partial charge in [-0.25, -0.2) is 0 Å². The summed E-state index contributed by atoms with van der Waals surface area (Å²) in [5.74, 6) is 0.598. The van der Waals surface area contributed by atoms with Crippen molar-refractivity contribution in [1.82, 2.24) is 5.32 Å². The van der Waals surface area contributed by atoms with E-state index in [1.54, 1.807) is 0 Å². The standard InChI is InChI=1S/C11H16ClNS/c1-2-10-5-6-11(14-10)9-13-8-4-3-7-12/h3-6,13H,2,7-9H2,1H3/b4-3+. The van der Waals surface area contributed by atoms with E-state index in [1.807, 2.05) is 17.4 Å². The highest BCUT2D eigenvalue weighted by atomic mass is 35.5. The average molecular weight is 230 g/mol. The van der Waals surface area contributed by atoms with Gasteiger partial charge in [-0.1, -0.05) is 19.1 Å². The van der Waals surface area contributed by atoms with E-state index < -0.39 is 0 Å². The van der Waals surface area contributed by atoms with Crippen LogP contribution in [0.15, 0.2) is 24.3 Å². The second kappa shape index (κ2) is 7.04. The second-order valence-electron chi connectivity index (χ2n) is 2.98. The Morgan fingerprint density at radius 2 is 2.14 bits per heavy atom. The molecule has 14 heavy (non-hydrogen) atoms. The lowest BCUT2D eigenvalue weighted by molar-refractivity contribution is 0.769. The van der Waals surface area contributed by atoms with Crippen molar-refractivity contribution in [2.45, 2.75) is 19.9 Å². The molecule has 0 radical (unpaired) electrons. The molecule has 78 valence electrons. The number of hydrogen-bond acceptors (Lipinski definition) is 2. The summed E-state index contributed by atoms with van der Waals surface area (Å²) in [6.07, 6.45) is 5.15. The number of rotatable bonds is 6. The molecule has 0 aliphatic rings. The van der Waals surface area contributed by atoms with Crippen LogP contribution in [0.5, 0.6) is 0 Å². The fraction of sp³-hybridized carbons (Fsp3) is 0.455. The van der Waals surface area contributed by atoms with Gasteiger partial charge in [0, 0.05) is 28.7 Å². The number of thiophene rings is 1. The maximum absolute atomic E-state index is 5.51. The second-order valence-corrected chi connectivity index (χ2v) is 4.54. The normalized spacial score (nSPS) is 11.3. The lowest BCUT2D eigenvalue weighted by Gasteiger charge is -1.97. The van der Waals surface area contributed by atoms with Gasteiger partial charge in [-0.15, -0.1) is 22.9 Å². The zero-order chi connectivity index (χ0) is 10.2. The average Bonchev–Trinajstić information content (AvgIpc) is 2.65. The number of halogens is 1. The van der Waals surface area contributed by atoms with Gasteiger partial charge in [0.25, 0.3) is 0 Å². The van der Waals surface area contributed by atoms with Crippen LogP contribution < -0.4 is 5.32 Å². The van der Waals surface area contributed by atoms with Gasteiger partial charge in [-0.05, 0) is 18.6 Å². The van der Waals surface area contributed by atoms with Crippen molar-refractivity contribution in [3.05, 3.63) is 34.0 Å². The minimum absolute atomic E-state index is 0.598. The van der Waals surface area contributed by atoms with Crippen LogP contribution in [0.3, 0.4) is 0 Å². The van der Waals surface area contributed by atoms with E-state index in [1.165, 1.54) is 9.75 Å². The molecular weight excluding hydrogens is 214 g/mol. The predicted molar refractivity (Wildman–Crippen MR) is 65.3 cm³/mol. The Morgan fingerprint density at radius 3 is 2.79 bits per heavy atom. The lowest BCUT2D eigenvalue weighted by Crippen LogP contribution is -2.11. The van der Waals surface area contributed by atoms with Crippen molar-refractivity contribution in [1.29, 1.82) is 0 Å². The number of aryl methyl sites for hydroxylation is 1. The molecule has 0 saturated heterocycles. The summed E-state index contributed by atoms with van der Waals surface area (Å²) >= 11 is 7.39. The van der Waals surface area contributed by atoms with Gasteiger partial charge in [-0.3, -0.25) is 0 Å². The van der Waals surface area contributed by atoms with Gasteiger partial charge in [0.2, 0.25) is 0 Å². The van der Waals surface area contributed by atoms with Gasteiger partial charge in [0.05, 0.1) is 0 Å². The third-order valence-electron chi connectivity index (χ3n) is 1.88. The van der Waals surface area contributed by atoms with Crippen LogP contribution >= 0.6 is 22.9 Å². The molecule has 0 aliphatic heterocycles. The molecule has 0 amide bonds. The highest BCUT2D eigenvalue weighted by Gasteiger charge is 1.96. The molecule has 0 unspecified atom stereocenters. The fourth-order valence-electron chi connectivity index (χ4n) is 1.13.